The van der Waals surface area contributed by atoms with Crippen molar-refractivity contribution in [2.24, 2.45) is 11.3 Å². The van der Waals surface area contributed by atoms with Crippen molar-refractivity contribution < 1.29 is 19.5 Å². The minimum absolute atomic E-state index is 0.0209. The van der Waals surface area contributed by atoms with E-state index >= 15 is 0 Å². The molecule has 0 radical (unpaired) electrons. The van der Waals surface area contributed by atoms with E-state index in [9.17, 15) is 14.7 Å². The second kappa shape index (κ2) is 6.12. The van der Waals surface area contributed by atoms with Crippen LogP contribution in [-0.2, 0) is 17.9 Å². The summed E-state index contributed by atoms with van der Waals surface area (Å²) in [6.45, 7) is 4.16. The lowest BCUT2D eigenvalue weighted by Gasteiger charge is -2.28. The number of carbonyl (C=O) groups is 2. The van der Waals surface area contributed by atoms with Crippen molar-refractivity contribution in [3.05, 3.63) is 45.8 Å². The second-order valence-electron chi connectivity index (χ2n) is 6.83. The lowest BCUT2D eigenvalue weighted by Crippen LogP contribution is -2.26. The lowest BCUT2D eigenvalue weighted by molar-refractivity contribution is 0.0696. The van der Waals surface area contributed by atoms with E-state index in [1.165, 1.54) is 11.3 Å². The molecule has 3 N–H and O–H groups in total. The monoisotopic (exact) mass is 345 g/mol. The Morgan fingerprint density at radius 3 is 2.67 bits per heavy atom. The molecule has 1 aliphatic carbocycles. The summed E-state index contributed by atoms with van der Waals surface area (Å²) < 4.78 is 0. The first-order valence-electron chi connectivity index (χ1n) is 7.66. The van der Waals surface area contributed by atoms with Crippen molar-refractivity contribution in [3.8, 4) is 10.4 Å². The fourth-order valence-electron chi connectivity index (χ4n) is 3.29. The summed E-state index contributed by atoms with van der Waals surface area (Å²) in [4.78, 5) is 30.4. The van der Waals surface area contributed by atoms with Gasteiger partial charge in [0, 0.05) is 6.42 Å². The van der Waals surface area contributed by atoms with Crippen LogP contribution in [0.15, 0.2) is 24.3 Å². The third-order valence-corrected chi connectivity index (χ3v) is 5.58. The fraction of sp³-hybridized carbons (Fsp3) is 0.333. The molecule has 24 heavy (non-hydrogen) atoms. The molecular formula is C18H19NO4S. The molecule has 0 bridgehead atoms. The van der Waals surface area contributed by atoms with Crippen LogP contribution in [0.2, 0.25) is 0 Å². The summed E-state index contributed by atoms with van der Waals surface area (Å²) in [7, 11) is 0. The quantitative estimate of drug-likeness (QED) is 0.826. The Bertz CT molecular complexity index is 822. The lowest BCUT2D eigenvalue weighted by atomic mass is 9.75. The van der Waals surface area contributed by atoms with Gasteiger partial charge in [0.15, 0.2) is 5.78 Å². The van der Waals surface area contributed by atoms with E-state index in [2.05, 4.69) is 0 Å². The van der Waals surface area contributed by atoms with E-state index < -0.39 is 5.97 Å². The van der Waals surface area contributed by atoms with Crippen LogP contribution in [-0.4, -0.2) is 16.9 Å². The topological polar surface area (TPSA) is 89.6 Å². The zero-order chi connectivity index (χ0) is 17.5. The van der Waals surface area contributed by atoms with Crippen molar-refractivity contribution in [3.63, 3.8) is 0 Å². The number of thiophene rings is 1. The number of carbonyl (C=O) groups excluding carboxylic acids is 1. The van der Waals surface area contributed by atoms with Crippen molar-refractivity contribution in [2.75, 3.05) is 0 Å². The van der Waals surface area contributed by atoms with Crippen LogP contribution in [0.1, 0.15) is 51.4 Å². The molecule has 0 amide bonds. The van der Waals surface area contributed by atoms with Crippen LogP contribution in [0.5, 0.6) is 0 Å². The second-order valence-corrected chi connectivity index (χ2v) is 7.85. The third kappa shape index (κ3) is 2.88. The number of hydrogen-bond acceptors (Lipinski definition) is 5. The molecule has 126 valence electrons. The highest BCUT2D eigenvalue weighted by molar-refractivity contribution is 7.18. The number of Topliss-reactive ketones (excluding diaryl/α,β-unsaturated/α-hetero) is 1. The number of fused-ring (bicyclic) bond motifs is 1. The van der Waals surface area contributed by atoms with Gasteiger partial charge < -0.3 is 5.11 Å². The van der Waals surface area contributed by atoms with E-state index in [0.717, 1.165) is 11.1 Å². The number of rotatable bonds is 4. The summed E-state index contributed by atoms with van der Waals surface area (Å²) in [6.07, 6.45) is 1.02. The SMILES string of the molecule is CC1(C)CC(=O)c2sc(-c3ccccc3CON)c(C(=O)O)c2C1. The molecule has 0 fully saturated rings. The van der Waals surface area contributed by atoms with Gasteiger partial charge in [-0.2, -0.15) is 0 Å². The maximum atomic E-state index is 12.5. The Labute approximate surface area is 144 Å². The predicted octanol–water partition coefficient (Wildman–Crippen LogP) is 3.66. The molecule has 0 saturated heterocycles. The van der Waals surface area contributed by atoms with Crippen molar-refractivity contribution in [1.29, 1.82) is 0 Å². The van der Waals surface area contributed by atoms with E-state index in [1.807, 2.05) is 38.1 Å². The van der Waals surface area contributed by atoms with Gasteiger partial charge in [-0.05, 0) is 28.5 Å². The summed E-state index contributed by atoms with van der Waals surface area (Å²) in [6, 6.07) is 7.37. The molecule has 0 unspecified atom stereocenters. The van der Waals surface area contributed by atoms with Gasteiger partial charge in [-0.3, -0.25) is 9.63 Å². The number of carboxylic acid groups (broad SMARTS) is 1. The molecule has 2 aromatic rings. The molecule has 0 spiro atoms. The molecule has 1 aromatic carbocycles. The number of nitrogens with two attached hydrogens (primary N) is 1. The number of hydrogen-bond donors (Lipinski definition) is 2. The van der Waals surface area contributed by atoms with Gasteiger partial charge in [-0.15, -0.1) is 11.3 Å². The average molecular weight is 345 g/mol. The van der Waals surface area contributed by atoms with Crippen LogP contribution in [0, 0.1) is 5.41 Å². The third-order valence-electron chi connectivity index (χ3n) is 4.27. The molecule has 0 atom stereocenters. The summed E-state index contributed by atoms with van der Waals surface area (Å²) in [5, 5.41) is 9.79. The van der Waals surface area contributed by atoms with E-state index in [-0.39, 0.29) is 23.4 Å². The largest absolute Gasteiger partial charge is 0.478 e. The van der Waals surface area contributed by atoms with E-state index in [1.54, 1.807) is 0 Å². The molecule has 1 aliphatic rings. The van der Waals surface area contributed by atoms with Crippen LogP contribution in [0.25, 0.3) is 10.4 Å². The molecular weight excluding hydrogens is 326 g/mol. The normalized spacial score (nSPS) is 16.0. The maximum absolute atomic E-state index is 12.5. The van der Waals surface area contributed by atoms with E-state index in [0.29, 0.717) is 28.2 Å². The van der Waals surface area contributed by atoms with Gasteiger partial charge in [0.05, 0.1) is 21.9 Å². The summed E-state index contributed by atoms with van der Waals surface area (Å²) in [5.41, 5.74) is 2.22. The summed E-state index contributed by atoms with van der Waals surface area (Å²) >= 11 is 1.27. The first-order valence-corrected chi connectivity index (χ1v) is 8.48. The zero-order valence-corrected chi connectivity index (χ0v) is 14.4. The van der Waals surface area contributed by atoms with Gasteiger partial charge in [-0.25, -0.2) is 10.7 Å². The van der Waals surface area contributed by atoms with Crippen LogP contribution >= 0.6 is 11.3 Å². The minimum atomic E-state index is -1.00. The first-order chi connectivity index (χ1) is 11.3. The Balaban J connectivity index is 2.25. The highest BCUT2D eigenvalue weighted by atomic mass is 32.1. The predicted molar refractivity (Wildman–Crippen MR) is 92.1 cm³/mol. The van der Waals surface area contributed by atoms with Gasteiger partial charge in [0.1, 0.15) is 0 Å². The molecule has 3 rings (SSSR count). The molecule has 5 nitrogen and oxygen atoms in total. The Morgan fingerprint density at radius 1 is 1.29 bits per heavy atom. The number of ketones is 1. The zero-order valence-electron chi connectivity index (χ0n) is 13.6. The van der Waals surface area contributed by atoms with Crippen LogP contribution < -0.4 is 5.90 Å². The smallest absolute Gasteiger partial charge is 0.337 e. The van der Waals surface area contributed by atoms with Gasteiger partial charge >= 0.3 is 5.97 Å². The Morgan fingerprint density at radius 2 is 2.00 bits per heavy atom. The van der Waals surface area contributed by atoms with Gasteiger partial charge in [-0.1, -0.05) is 38.1 Å². The Hall–Kier alpha value is -2.02. The number of carboxylic acids is 1. The van der Waals surface area contributed by atoms with Gasteiger partial charge in [0.2, 0.25) is 0 Å². The van der Waals surface area contributed by atoms with Crippen LogP contribution in [0.3, 0.4) is 0 Å². The molecule has 6 heteroatoms. The fourth-order valence-corrected chi connectivity index (χ4v) is 4.60. The van der Waals surface area contributed by atoms with Gasteiger partial charge in [0.25, 0.3) is 0 Å². The number of aromatic carboxylic acids is 1. The maximum Gasteiger partial charge on any atom is 0.337 e. The highest BCUT2D eigenvalue weighted by Crippen LogP contribution is 2.45. The minimum Gasteiger partial charge on any atom is -0.478 e. The molecule has 0 saturated carbocycles. The van der Waals surface area contributed by atoms with Crippen LogP contribution in [0.4, 0.5) is 0 Å². The van der Waals surface area contributed by atoms with Crippen molar-refractivity contribution in [2.45, 2.75) is 33.3 Å². The average Bonchev–Trinajstić information content (AvgIpc) is 2.86. The van der Waals surface area contributed by atoms with Crippen molar-refractivity contribution >= 4 is 23.1 Å². The van der Waals surface area contributed by atoms with E-state index in [4.69, 9.17) is 10.7 Å². The van der Waals surface area contributed by atoms with Crippen molar-refractivity contribution in [1.82, 2.24) is 0 Å². The summed E-state index contributed by atoms with van der Waals surface area (Å²) in [5.74, 6) is 4.21. The standard InChI is InChI=1S/C18H19NO4S/c1-18(2)7-12-14(17(21)22)16(24-15(12)13(20)8-18)11-6-4-3-5-10(11)9-23-19/h3-6H,7-9,19H2,1-2H3,(H,21,22). The molecule has 1 aromatic heterocycles. The number of benzene rings is 1. The molecule has 0 aliphatic heterocycles. The molecule has 1 heterocycles. The highest BCUT2D eigenvalue weighted by Gasteiger charge is 2.37. The first kappa shape index (κ1) is 16.8. The Kier molecular flexibility index (Phi) is 4.29.